The van der Waals surface area contributed by atoms with E-state index in [9.17, 15) is 9.59 Å². The van der Waals surface area contributed by atoms with E-state index in [-0.39, 0.29) is 11.1 Å². The Labute approximate surface area is 172 Å². The molecule has 2 aromatic carbocycles. The molecule has 1 saturated heterocycles. The minimum Gasteiger partial charge on any atom is -0.493 e. The molecular weight excluding hydrogens is 394 g/mol. The number of rotatable bonds is 8. The highest BCUT2D eigenvalue weighted by atomic mass is 32.2. The Balaban J connectivity index is 1.52. The van der Waals surface area contributed by atoms with Crippen LogP contribution in [-0.2, 0) is 10.5 Å². The van der Waals surface area contributed by atoms with Gasteiger partial charge in [-0.25, -0.2) is 0 Å². The van der Waals surface area contributed by atoms with E-state index in [1.54, 1.807) is 19.3 Å². The lowest BCUT2D eigenvalue weighted by Gasteiger charge is -2.11. The molecule has 0 aromatic heterocycles. The zero-order valence-electron chi connectivity index (χ0n) is 15.7. The first-order valence-electron chi connectivity index (χ1n) is 8.74. The van der Waals surface area contributed by atoms with Crippen LogP contribution in [0.1, 0.15) is 16.7 Å². The molecule has 0 saturated carbocycles. The Morgan fingerprint density at radius 3 is 2.57 bits per heavy atom. The van der Waals surface area contributed by atoms with Crippen LogP contribution in [0, 0.1) is 6.92 Å². The number of amides is 2. The molecule has 0 bridgehead atoms. The highest BCUT2D eigenvalue weighted by molar-refractivity contribution is 8.18. The summed E-state index contributed by atoms with van der Waals surface area (Å²) in [5.41, 5.74) is 3.34. The van der Waals surface area contributed by atoms with Gasteiger partial charge < -0.3 is 9.47 Å². The molecule has 1 aliphatic rings. The summed E-state index contributed by atoms with van der Waals surface area (Å²) in [7, 11) is 1.58. The lowest BCUT2D eigenvalue weighted by Crippen LogP contribution is -2.17. The molecule has 0 aliphatic carbocycles. The molecule has 146 valence electrons. The summed E-state index contributed by atoms with van der Waals surface area (Å²) in [6, 6.07) is 14.0. The van der Waals surface area contributed by atoms with Gasteiger partial charge in [0.15, 0.2) is 11.5 Å². The smallest absolute Gasteiger partial charge is 0.290 e. The number of aryl methyl sites for hydroxylation is 1. The van der Waals surface area contributed by atoms with E-state index in [0.717, 1.165) is 28.8 Å². The lowest BCUT2D eigenvalue weighted by atomic mass is 10.2. The number of hydrogen-bond acceptors (Lipinski definition) is 6. The van der Waals surface area contributed by atoms with E-state index in [1.165, 1.54) is 11.1 Å². The molecule has 0 spiro atoms. The minimum atomic E-state index is -0.375. The Morgan fingerprint density at radius 2 is 1.89 bits per heavy atom. The third-order valence-electron chi connectivity index (χ3n) is 4.00. The second-order valence-corrected chi connectivity index (χ2v) is 8.27. The number of hydrogen-bond donors (Lipinski definition) is 1. The van der Waals surface area contributed by atoms with Crippen molar-refractivity contribution in [3.63, 3.8) is 0 Å². The second kappa shape index (κ2) is 9.71. The molecule has 7 heteroatoms. The molecule has 0 unspecified atom stereocenters. The summed E-state index contributed by atoms with van der Waals surface area (Å²) in [6.45, 7) is 2.65. The highest BCUT2D eigenvalue weighted by Gasteiger charge is 2.25. The van der Waals surface area contributed by atoms with Crippen LogP contribution in [-0.4, -0.2) is 30.6 Å². The van der Waals surface area contributed by atoms with Crippen LogP contribution >= 0.6 is 23.5 Å². The van der Waals surface area contributed by atoms with Gasteiger partial charge in [0.05, 0.1) is 18.6 Å². The Morgan fingerprint density at radius 1 is 1.11 bits per heavy atom. The van der Waals surface area contributed by atoms with Crippen LogP contribution in [0.25, 0.3) is 6.08 Å². The minimum absolute atomic E-state index is 0.355. The van der Waals surface area contributed by atoms with Gasteiger partial charge in [0.1, 0.15) is 0 Å². The molecule has 0 atom stereocenters. The molecule has 1 N–H and O–H groups in total. The van der Waals surface area contributed by atoms with Crippen molar-refractivity contribution in [2.45, 2.75) is 12.7 Å². The number of carbonyl (C=O) groups is 2. The largest absolute Gasteiger partial charge is 0.493 e. The fourth-order valence-electron chi connectivity index (χ4n) is 2.55. The van der Waals surface area contributed by atoms with Crippen LogP contribution < -0.4 is 14.8 Å². The quantitative estimate of drug-likeness (QED) is 0.501. The van der Waals surface area contributed by atoms with Crippen molar-refractivity contribution in [2.75, 3.05) is 19.5 Å². The van der Waals surface area contributed by atoms with Gasteiger partial charge in [0.2, 0.25) is 0 Å². The maximum atomic E-state index is 11.7. The van der Waals surface area contributed by atoms with Crippen molar-refractivity contribution in [1.29, 1.82) is 0 Å². The molecule has 2 amide bonds. The molecule has 1 heterocycles. The van der Waals surface area contributed by atoms with E-state index < -0.39 is 0 Å². The number of carbonyl (C=O) groups excluding carboxylic acids is 2. The molecule has 5 nitrogen and oxygen atoms in total. The molecule has 1 aliphatic heterocycles. The molecule has 2 aromatic rings. The topological polar surface area (TPSA) is 64.6 Å². The van der Waals surface area contributed by atoms with Crippen LogP contribution in [0.2, 0.25) is 0 Å². The van der Waals surface area contributed by atoms with Crippen molar-refractivity contribution in [3.05, 3.63) is 64.1 Å². The summed E-state index contributed by atoms with van der Waals surface area (Å²) in [5, 5.41) is 1.88. The van der Waals surface area contributed by atoms with Crippen molar-refractivity contribution < 1.29 is 19.1 Å². The average Bonchev–Trinajstić information content (AvgIpc) is 3.00. The molecule has 1 fully saturated rings. The van der Waals surface area contributed by atoms with Crippen LogP contribution in [0.4, 0.5) is 4.79 Å². The number of benzene rings is 2. The van der Waals surface area contributed by atoms with Crippen molar-refractivity contribution in [1.82, 2.24) is 5.32 Å². The lowest BCUT2D eigenvalue weighted by molar-refractivity contribution is -0.115. The summed E-state index contributed by atoms with van der Waals surface area (Å²) in [6.07, 6.45) is 1.66. The van der Waals surface area contributed by atoms with Crippen molar-refractivity contribution >= 4 is 40.7 Å². The monoisotopic (exact) mass is 415 g/mol. The number of nitrogens with one attached hydrogen (secondary N) is 1. The Kier molecular flexibility index (Phi) is 7.06. The van der Waals surface area contributed by atoms with Gasteiger partial charge >= 0.3 is 0 Å². The maximum absolute atomic E-state index is 11.7. The zero-order valence-corrected chi connectivity index (χ0v) is 17.3. The average molecular weight is 416 g/mol. The van der Waals surface area contributed by atoms with Gasteiger partial charge in [-0.1, -0.05) is 35.9 Å². The predicted octanol–water partition coefficient (Wildman–Crippen LogP) is 4.64. The summed E-state index contributed by atoms with van der Waals surface area (Å²) in [4.78, 5) is 23.3. The predicted molar refractivity (Wildman–Crippen MR) is 115 cm³/mol. The van der Waals surface area contributed by atoms with Crippen LogP contribution in [0.5, 0.6) is 11.5 Å². The molecule has 28 heavy (non-hydrogen) atoms. The Hall–Kier alpha value is -2.38. The van der Waals surface area contributed by atoms with Crippen molar-refractivity contribution in [3.8, 4) is 11.5 Å². The van der Waals surface area contributed by atoms with Crippen molar-refractivity contribution in [2.24, 2.45) is 0 Å². The Bertz CT molecular complexity index is 894. The van der Waals surface area contributed by atoms with Gasteiger partial charge in [-0.05, 0) is 48.0 Å². The first kappa shape index (κ1) is 20.4. The number of ether oxygens (including phenoxy) is 2. The summed E-state index contributed by atoms with van der Waals surface area (Å²) in [5.74, 6) is 2.68. The fraction of sp³-hybridized carbons (Fsp3) is 0.238. The summed E-state index contributed by atoms with van der Waals surface area (Å²) < 4.78 is 11.2. The fourth-order valence-corrected chi connectivity index (χ4v) is 4.01. The number of imide groups is 1. The molecular formula is C21H21NO4S2. The van der Waals surface area contributed by atoms with Gasteiger partial charge in [-0.2, -0.15) is 11.8 Å². The van der Waals surface area contributed by atoms with Crippen LogP contribution in [0.3, 0.4) is 0 Å². The van der Waals surface area contributed by atoms with Gasteiger partial charge in [0, 0.05) is 11.5 Å². The summed E-state index contributed by atoms with van der Waals surface area (Å²) >= 11 is 2.71. The first-order valence-corrected chi connectivity index (χ1v) is 10.7. The molecule has 3 rings (SSSR count). The second-order valence-electron chi connectivity index (χ2n) is 6.15. The first-order chi connectivity index (χ1) is 13.5. The normalized spacial score (nSPS) is 15.0. The van der Waals surface area contributed by atoms with E-state index in [1.807, 2.05) is 23.9 Å². The zero-order chi connectivity index (χ0) is 19.9. The maximum Gasteiger partial charge on any atom is 0.290 e. The van der Waals surface area contributed by atoms with E-state index >= 15 is 0 Å². The van der Waals surface area contributed by atoms with E-state index in [2.05, 4.69) is 36.5 Å². The molecule has 0 radical (unpaired) electrons. The number of thioether (sulfide) groups is 2. The van der Waals surface area contributed by atoms with Gasteiger partial charge in [-0.3, -0.25) is 14.9 Å². The van der Waals surface area contributed by atoms with Gasteiger partial charge in [-0.15, -0.1) is 0 Å². The third-order valence-corrected chi connectivity index (χ3v) is 5.81. The third kappa shape index (κ3) is 5.56. The van der Waals surface area contributed by atoms with Crippen LogP contribution in [0.15, 0.2) is 47.4 Å². The highest BCUT2D eigenvalue weighted by Crippen LogP contribution is 2.31. The SMILES string of the molecule is COc1cc(C=C2SC(=O)NC2=O)ccc1OCCSCc1ccc(C)cc1. The number of methoxy groups -OCH3 is 1. The van der Waals surface area contributed by atoms with E-state index in [0.29, 0.717) is 23.0 Å². The van der Waals surface area contributed by atoms with Gasteiger partial charge in [0.25, 0.3) is 11.1 Å². The van der Waals surface area contributed by atoms with E-state index in [4.69, 9.17) is 9.47 Å². The standard InChI is InChI=1S/C21H21NO4S2/c1-14-3-5-15(6-4-14)13-27-10-9-26-17-8-7-16(11-18(17)25-2)12-19-20(23)22-21(24)28-19/h3-8,11-12H,9-10,13H2,1-2H3,(H,22,23,24).